The van der Waals surface area contributed by atoms with E-state index < -0.39 is 17.5 Å². The summed E-state index contributed by atoms with van der Waals surface area (Å²) in [6.07, 6.45) is 0.577. The van der Waals surface area contributed by atoms with Gasteiger partial charge in [0.2, 0.25) is 5.91 Å². The molecule has 2 rings (SSSR count). The molecule has 0 bridgehead atoms. The summed E-state index contributed by atoms with van der Waals surface area (Å²) < 4.78 is 37.1. The molecule has 0 aromatic heterocycles. The number of methoxy groups -OCH3 is 1. The molecule has 0 aliphatic carbocycles. The molecule has 6 nitrogen and oxygen atoms in total. The summed E-state index contributed by atoms with van der Waals surface area (Å²) in [6.45, 7) is 2.93. The van der Waals surface area contributed by atoms with Crippen LogP contribution in [0.4, 0.5) is 8.78 Å². The van der Waals surface area contributed by atoms with Crippen molar-refractivity contribution in [3.8, 4) is 11.5 Å². The van der Waals surface area contributed by atoms with E-state index in [2.05, 4.69) is 10.6 Å². The summed E-state index contributed by atoms with van der Waals surface area (Å²) in [4.78, 5) is 23.8. The van der Waals surface area contributed by atoms with Crippen LogP contribution in [0.2, 0.25) is 0 Å². The van der Waals surface area contributed by atoms with Crippen molar-refractivity contribution in [2.24, 2.45) is 0 Å². The predicted molar refractivity (Wildman–Crippen MR) is 104 cm³/mol. The standard InChI is InChI=1S/C21H24F2N2O4/c1-3-29-18-9-6-14(11-19(18)28-2)13-25-20(26)5-4-10-24-21(27)16-8-7-15(22)12-17(16)23/h6-9,11-12H,3-5,10,13H2,1-2H3,(H,24,27)(H,25,26). The third-order valence-electron chi connectivity index (χ3n) is 4.06. The smallest absolute Gasteiger partial charge is 0.254 e. The maximum absolute atomic E-state index is 13.5. The van der Waals surface area contributed by atoms with Gasteiger partial charge in [0.05, 0.1) is 19.3 Å². The highest BCUT2D eigenvalue weighted by atomic mass is 19.1. The predicted octanol–water partition coefficient (Wildman–Crippen LogP) is 3.20. The van der Waals surface area contributed by atoms with Crippen molar-refractivity contribution >= 4 is 11.8 Å². The first-order valence-corrected chi connectivity index (χ1v) is 9.24. The highest BCUT2D eigenvalue weighted by molar-refractivity contribution is 5.94. The SMILES string of the molecule is CCOc1ccc(CNC(=O)CCCNC(=O)c2ccc(F)cc2F)cc1OC. The molecule has 8 heteroatoms. The molecule has 0 aliphatic heterocycles. The molecule has 2 aromatic carbocycles. The molecular formula is C21H24F2N2O4. The van der Waals surface area contributed by atoms with Crippen LogP contribution < -0.4 is 20.1 Å². The number of amides is 2. The van der Waals surface area contributed by atoms with Crippen molar-refractivity contribution in [3.05, 3.63) is 59.2 Å². The Hall–Kier alpha value is -3.16. The zero-order chi connectivity index (χ0) is 21.2. The Kier molecular flexibility index (Phi) is 8.39. The van der Waals surface area contributed by atoms with Crippen LogP contribution in [0.15, 0.2) is 36.4 Å². The maximum Gasteiger partial charge on any atom is 0.254 e. The molecule has 0 atom stereocenters. The second-order valence-electron chi connectivity index (χ2n) is 6.18. The molecule has 2 amide bonds. The van der Waals surface area contributed by atoms with E-state index in [1.165, 1.54) is 0 Å². The van der Waals surface area contributed by atoms with E-state index in [9.17, 15) is 18.4 Å². The normalized spacial score (nSPS) is 10.3. The molecule has 0 saturated heterocycles. The monoisotopic (exact) mass is 406 g/mol. The number of benzene rings is 2. The number of halogens is 2. The number of carbonyl (C=O) groups excluding carboxylic acids is 2. The number of nitrogens with one attached hydrogen (secondary N) is 2. The summed E-state index contributed by atoms with van der Waals surface area (Å²) in [6, 6.07) is 8.17. The molecule has 29 heavy (non-hydrogen) atoms. The van der Waals surface area contributed by atoms with E-state index in [1.807, 2.05) is 13.0 Å². The molecule has 2 aromatic rings. The van der Waals surface area contributed by atoms with Crippen LogP contribution >= 0.6 is 0 Å². The van der Waals surface area contributed by atoms with Crippen molar-refractivity contribution in [1.29, 1.82) is 0 Å². The van der Waals surface area contributed by atoms with Gasteiger partial charge in [0.15, 0.2) is 11.5 Å². The van der Waals surface area contributed by atoms with Gasteiger partial charge in [-0.05, 0) is 43.2 Å². The molecule has 156 valence electrons. The van der Waals surface area contributed by atoms with Gasteiger partial charge in [-0.3, -0.25) is 9.59 Å². The fourth-order valence-electron chi connectivity index (χ4n) is 2.61. The summed E-state index contributed by atoms with van der Waals surface area (Å²) in [5.74, 6) is -1.27. The maximum atomic E-state index is 13.5. The number of hydrogen-bond acceptors (Lipinski definition) is 4. The Morgan fingerprint density at radius 1 is 1.03 bits per heavy atom. The van der Waals surface area contributed by atoms with Gasteiger partial charge in [0.1, 0.15) is 11.6 Å². The van der Waals surface area contributed by atoms with Gasteiger partial charge in [-0.2, -0.15) is 0 Å². The number of hydrogen-bond donors (Lipinski definition) is 2. The first kappa shape index (κ1) is 22.1. The van der Waals surface area contributed by atoms with E-state index >= 15 is 0 Å². The topological polar surface area (TPSA) is 76.7 Å². The lowest BCUT2D eigenvalue weighted by atomic mass is 10.2. The fraction of sp³-hybridized carbons (Fsp3) is 0.333. The van der Waals surface area contributed by atoms with E-state index in [-0.39, 0.29) is 24.4 Å². The molecule has 0 radical (unpaired) electrons. The van der Waals surface area contributed by atoms with Gasteiger partial charge in [-0.15, -0.1) is 0 Å². The largest absolute Gasteiger partial charge is 0.493 e. The Balaban J connectivity index is 1.73. The highest BCUT2D eigenvalue weighted by Crippen LogP contribution is 2.27. The second-order valence-corrected chi connectivity index (χ2v) is 6.18. The van der Waals surface area contributed by atoms with Gasteiger partial charge in [-0.1, -0.05) is 6.07 Å². The van der Waals surface area contributed by atoms with Gasteiger partial charge in [0.25, 0.3) is 5.91 Å². The average molecular weight is 406 g/mol. The van der Waals surface area contributed by atoms with Crippen LogP contribution in [0.25, 0.3) is 0 Å². The summed E-state index contributed by atoms with van der Waals surface area (Å²) in [5, 5.41) is 5.30. The zero-order valence-corrected chi connectivity index (χ0v) is 16.4. The molecule has 0 unspecified atom stereocenters. The molecule has 0 saturated carbocycles. The van der Waals surface area contributed by atoms with Crippen LogP contribution in [-0.2, 0) is 11.3 Å². The summed E-state index contributed by atoms with van der Waals surface area (Å²) in [5.41, 5.74) is 0.624. The summed E-state index contributed by atoms with van der Waals surface area (Å²) >= 11 is 0. The Morgan fingerprint density at radius 3 is 2.52 bits per heavy atom. The molecule has 0 spiro atoms. The third-order valence-corrected chi connectivity index (χ3v) is 4.06. The van der Waals surface area contributed by atoms with E-state index in [4.69, 9.17) is 9.47 Å². The van der Waals surface area contributed by atoms with Crippen LogP contribution in [0, 0.1) is 11.6 Å². The number of carbonyl (C=O) groups is 2. The molecule has 2 N–H and O–H groups in total. The molecule has 0 aliphatic rings. The minimum absolute atomic E-state index is 0.180. The van der Waals surface area contributed by atoms with Gasteiger partial charge >= 0.3 is 0 Å². The molecular weight excluding hydrogens is 382 g/mol. The van der Waals surface area contributed by atoms with Crippen molar-refractivity contribution in [1.82, 2.24) is 10.6 Å². The first-order chi connectivity index (χ1) is 13.9. The third kappa shape index (κ3) is 6.74. The van der Waals surface area contributed by atoms with Crippen molar-refractivity contribution in [3.63, 3.8) is 0 Å². The minimum Gasteiger partial charge on any atom is -0.493 e. The fourth-order valence-corrected chi connectivity index (χ4v) is 2.61. The van der Waals surface area contributed by atoms with Crippen LogP contribution in [-0.4, -0.2) is 32.1 Å². The van der Waals surface area contributed by atoms with Gasteiger partial charge in [0, 0.05) is 25.6 Å². The second kappa shape index (κ2) is 11.0. The number of rotatable bonds is 10. The van der Waals surface area contributed by atoms with Crippen LogP contribution in [0.3, 0.4) is 0 Å². The number of ether oxygens (including phenoxy) is 2. The minimum atomic E-state index is -0.925. The Morgan fingerprint density at radius 2 is 1.83 bits per heavy atom. The van der Waals surface area contributed by atoms with Crippen LogP contribution in [0.5, 0.6) is 11.5 Å². The zero-order valence-electron chi connectivity index (χ0n) is 16.4. The van der Waals surface area contributed by atoms with Crippen molar-refractivity contribution in [2.45, 2.75) is 26.3 Å². The first-order valence-electron chi connectivity index (χ1n) is 9.24. The van der Waals surface area contributed by atoms with E-state index in [0.717, 1.165) is 17.7 Å². The molecule has 0 fully saturated rings. The van der Waals surface area contributed by atoms with Crippen LogP contribution in [0.1, 0.15) is 35.7 Å². The lowest BCUT2D eigenvalue weighted by Gasteiger charge is -2.11. The van der Waals surface area contributed by atoms with Gasteiger partial charge in [-0.25, -0.2) is 8.78 Å². The summed E-state index contributed by atoms with van der Waals surface area (Å²) in [7, 11) is 1.55. The van der Waals surface area contributed by atoms with E-state index in [0.29, 0.717) is 37.1 Å². The Bertz CT molecular complexity index is 859. The van der Waals surface area contributed by atoms with Crippen molar-refractivity contribution in [2.75, 3.05) is 20.3 Å². The Labute approximate surface area is 168 Å². The lowest BCUT2D eigenvalue weighted by molar-refractivity contribution is -0.121. The van der Waals surface area contributed by atoms with Crippen molar-refractivity contribution < 1.29 is 27.8 Å². The quantitative estimate of drug-likeness (QED) is 0.594. The highest BCUT2D eigenvalue weighted by Gasteiger charge is 2.12. The van der Waals surface area contributed by atoms with E-state index in [1.54, 1.807) is 19.2 Å². The van der Waals surface area contributed by atoms with Gasteiger partial charge < -0.3 is 20.1 Å². The molecule has 0 heterocycles. The lowest BCUT2D eigenvalue weighted by Crippen LogP contribution is -2.28. The average Bonchev–Trinajstić information content (AvgIpc) is 2.70.